The van der Waals surface area contributed by atoms with Crippen molar-refractivity contribution in [1.29, 1.82) is 0 Å². The van der Waals surface area contributed by atoms with Crippen molar-refractivity contribution in [2.45, 2.75) is 70.4 Å². The Morgan fingerprint density at radius 2 is 2.10 bits per heavy atom. The maximum Gasteiger partial charge on any atom is 0.303 e. The zero-order valence-corrected chi connectivity index (χ0v) is 18.7. The minimum absolute atomic E-state index is 0.188. The van der Waals surface area contributed by atoms with E-state index in [-0.39, 0.29) is 6.10 Å². The first-order chi connectivity index (χ1) is 14.7. The van der Waals surface area contributed by atoms with Gasteiger partial charge in [0.25, 0.3) is 0 Å². The maximum atomic E-state index is 12.9. The zero-order valence-electron chi connectivity index (χ0n) is 17.9. The number of rotatable bonds is 6. The fourth-order valence-electron chi connectivity index (χ4n) is 6.90. The summed E-state index contributed by atoms with van der Waals surface area (Å²) in [6, 6.07) is 4.36. The average Bonchev–Trinajstić information content (AvgIpc) is 3.22. The highest BCUT2D eigenvalue weighted by Crippen LogP contribution is 2.74. The summed E-state index contributed by atoms with van der Waals surface area (Å²) in [7, 11) is 0. The number of anilines is 1. The third-order valence-corrected chi connectivity index (χ3v) is 8.55. The van der Waals surface area contributed by atoms with Crippen LogP contribution in [-0.4, -0.2) is 24.0 Å². The molecule has 1 aromatic rings. The Morgan fingerprint density at radius 1 is 1.32 bits per heavy atom. The highest BCUT2D eigenvalue weighted by atomic mass is 35.5. The van der Waals surface area contributed by atoms with Gasteiger partial charge in [0.05, 0.1) is 11.1 Å². The minimum Gasteiger partial charge on any atom is -0.489 e. The molecule has 4 saturated carbocycles. The Hall–Kier alpha value is -2.19. The molecule has 5 unspecified atom stereocenters. The number of ether oxygens (including phenoxy) is 1. The van der Waals surface area contributed by atoms with E-state index < -0.39 is 23.3 Å². The van der Waals surface area contributed by atoms with Crippen LogP contribution in [0.4, 0.5) is 5.69 Å². The molecule has 0 aliphatic heterocycles. The molecule has 2 amide bonds. The van der Waals surface area contributed by atoms with E-state index in [0.29, 0.717) is 27.8 Å². The molecule has 31 heavy (non-hydrogen) atoms. The molecule has 4 fully saturated rings. The van der Waals surface area contributed by atoms with Gasteiger partial charge in [0.15, 0.2) is 0 Å². The quantitative estimate of drug-likeness (QED) is 0.670. The SMILES string of the molecule is C#CC(=O)N(c1ccc(OC2CCC2)c(Cl)c1)C(C(N)=O)C1(C)CC2CC3CC3(C2)C1. The van der Waals surface area contributed by atoms with Gasteiger partial charge in [0.2, 0.25) is 5.91 Å². The van der Waals surface area contributed by atoms with Crippen molar-refractivity contribution in [3.63, 3.8) is 0 Å². The number of carbonyl (C=O) groups excluding carboxylic acids is 2. The number of amides is 2. The van der Waals surface area contributed by atoms with Gasteiger partial charge in [-0.3, -0.25) is 14.5 Å². The molecule has 2 N–H and O–H groups in total. The van der Waals surface area contributed by atoms with Crippen LogP contribution < -0.4 is 15.4 Å². The van der Waals surface area contributed by atoms with Crippen LogP contribution in [0.15, 0.2) is 18.2 Å². The third kappa shape index (κ3) is 3.40. The highest BCUT2D eigenvalue weighted by Gasteiger charge is 2.67. The molecule has 4 aliphatic rings. The van der Waals surface area contributed by atoms with Crippen molar-refractivity contribution < 1.29 is 14.3 Å². The number of hydrogen-bond acceptors (Lipinski definition) is 3. The van der Waals surface area contributed by atoms with Gasteiger partial charge in [0, 0.05) is 5.69 Å². The molecular formula is C25H29ClN2O3. The lowest BCUT2D eigenvalue weighted by Crippen LogP contribution is -2.58. The van der Waals surface area contributed by atoms with Crippen LogP contribution in [0.2, 0.25) is 5.02 Å². The average molecular weight is 441 g/mol. The van der Waals surface area contributed by atoms with E-state index in [9.17, 15) is 9.59 Å². The molecule has 5 nitrogen and oxygen atoms in total. The lowest BCUT2D eigenvalue weighted by Gasteiger charge is -2.47. The van der Waals surface area contributed by atoms with E-state index in [4.69, 9.17) is 28.5 Å². The van der Waals surface area contributed by atoms with Gasteiger partial charge in [0.1, 0.15) is 11.8 Å². The Balaban J connectivity index is 1.49. The molecule has 1 spiro atoms. The first-order valence-corrected chi connectivity index (χ1v) is 11.7. The van der Waals surface area contributed by atoms with Gasteiger partial charge < -0.3 is 10.5 Å². The van der Waals surface area contributed by atoms with Crippen molar-refractivity contribution >= 4 is 29.1 Å². The third-order valence-electron chi connectivity index (χ3n) is 8.25. The molecule has 5 rings (SSSR count). The largest absolute Gasteiger partial charge is 0.489 e. The van der Waals surface area contributed by atoms with Crippen molar-refractivity contribution in [3.05, 3.63) is 23.2 Å². The topological polar surface area (TPSA) is 72.6 Å². The first kappa shape index (κ1) is 20.7. The van der Waals surface area contributed by atoms with E-state index in [0.717, 1.165) is 38.0 Å². The number of carbonyl (C=O) groups is 2. The molecule has 0 radical (unpaired) electrons. The maximum absolute atomic E-state index is 12.9. The number of nitrogens with zero attached hydrogens (tertiary/aromatic N) is 1. The van der Waals surface area contributed by atoms with Gasteiger partial charge in [-0.1, -0.05) is 18.5 Å². The number of halogens is 1. The predicted octanol–water partition coefficient (Wildman–Crippen LogP) is 4.31. The van der Waals surface area contributed by atoms with Gasteiger partial charge in [-0.2, -0.15) is 0 Å². The van der Waals surface area contributed by atoms with E-state index in [1.807, 2.05) is 0 Å². The number of terminal acetylenes is 1. The van der Waals surface area contributed by atoms with Gasteiger partial charge in [-0.25, -0.2) is 0 Å². The van der Waals surface area contributed by atoms with E-state index in [1.165, 1.54) is 24.2 Å². The molecule has 164 valence electrons. The minimum atomic E-state index is -0.815. The molecule has 4 aliphatic carbocycles. The summed E-state index contributed by atoms with van der Waals surface area (Å²) in [6.45, 7) is 2.10. The van der Waals surface area contributed by atoms with Crippen molar-refractivity contribution in [2.24, 2.45) is 28.4 Å². The van der Waals surface area contributed by atoms with Gasteiger partial charge in [-0.15, -0.1) is 6.42 Å². The van der Waals surface area contributed by atoms with E-state index >= 15 is 0 Å². The normalized spacial score (nSPS) is 34.1. The molecule has 0 saturated heterocycles. The Bertz CT molecular complexity index is 983. The van der Waals surface area contributed by atoms with Crippen LogP contribution in [0, 0.1) is 35.0 Å². The fourth-order valence-corrected chi connectivity index (χ4v) is 7.12. The molecule has 5 atom stereocenters. The molecule has 0 heterocycles. The summed E-state index contributed by atoms with van der Waals surface area (Å²) in [4.78, 5) is 27.2. The summed E-state index contributed by atoms with van der Waals surface area (Å²) in [5.74, 6) is 3.05. The Morgan fingerprint density at radius 3 is 2.68 bits per heavy atom. The number of benzene rings is 1. The molecular weight excluding hydrogens is 412 g/mol. The van der Waals surface area contributed by atoms with Crippen molar-refractivity contribution in [1.82, 2.24) is 0 Å². The number of nitrogens with two attached hydrogens (primary N) is 1. The zero-order chi connectivity index (χ0) is 22.0. The monoisotopic (exact) mass is 440 g/mol. The molecule has 0 aromatic heterocycles. The summed E-state index contributed by atoms with van der Waals surface area (Å²) in [6.07, 6.45) is 14.4. The van der Waals surface area contributed by atoms with E-state index in [2.05, 4.69) is 12.8 Å². The van der Waals surface area contributed by atoms with Gasteiger partial charge >= 0.3 is 5.91 Å². The van der Waals surface area contributed by atoms with E-state index in [1.54, 1.807) is 18.2 Å². The van der Waals surface area contributed by atoms with Crippen LogP contribution in [0.1, 0.15) is 58.3 Å². The highest BCUT2D eigenvalue weighted by molar-refractivity contribution is 6.32. The van der Waals surface area contributed by atoms with Gasteiger partial charge in [-0.05, 0) is 98.2 Å². The summed E-state index contributed by atoms with van der Waals surface area (Å²) in [5, 5.41) is 0.400. The second-order valence-corrected chi connectivity index (χ2v) is 10.9. The summed E-state index contributed by atoms with van der Waals surface area (Å²) < 4.78 is 5.93. The van der Waals surface area contributed by atoms with Crippen LogP contribution in [0.5, 0.6) is 5.75 Å². The Labute approximate surface area is 188 Å². The number of fused-ring (bicyclic) bond motifs is 1. The molecule has 2 bridgehead atoms. The lowest BCUT2D eigenvalue weighted by atomic mass is 9.63. The van der Waals surface area contributed by atoms with Crippen LogP contribution in [-0.2, 0) is 9.59 Å². The van der Waals surface area contributed by atoms with Crippen molar-refractivity contribution in [3.8, 4) is 18.1 Å². The number of hydrogen-bond donors (Lipinski definition) is 1. The second kappa shape index (κ2) is 7.17. The number of primary amides is 1. The van der Waals surface area contributed by atoms with Crippen LogP contribution in [0.3, 0.4) is 0 Å². The predicted molar refractivity (Wildman–Crippen MR) is 120 cm³/mol. The smallest absolute Gasteiger partial charge is 0.303 e. The fraction of sp³-hybridized carbons (Fsp3) is 0.600. The Kier molecular flexibility index (Phi) is 4.79. The standard InChI is InChI=1S/C25H29ClN2O3/c1-3-21(29)28(17-7-8-20(19(26)10-17)31-18-5-4-6-18)22(23(27)30)24(2)11-15-9-16-13-25(16,12-15)14-24/h1,7-8,10,15-16,18,22H,4-6,9,11-14H2,2H3,(H2,27,30). The second-order valence-electron chi connectivity index (χ2n) is 10.5. The molecule has 6 heteroatoms. The summed E-state index contributed by atoms with van der Waals surface area (Å²) >= 11 is 6.51. The molecule has 1 aromatic carbocycles. The summed E-state index contributed by atoms with van der Waals surface area (Å²) in [5.41, 5.74) is 6.35. The van der Waals surface area contributed by atoms with Crippen LogP contribution in [0.25, 0.3) is 0 Å². The van der Waals surface area contributed by atoms with Crippen LogP contribution >= 0.6 is 11.6 Å². The van der Waals surface area contributed by atoms with Crippen molar-refractivity contribution in [2.75, 3.05) is 4.90 Å². The first-order valence-electron chi connectivity index (χ1n) is 11.3. The lowest BCUT2D eigenvalue weighted by molar-refractivity contribution is -0.126.